The SMILES string of the molecule is CC(=O)c1c(C)c(C)c(O)c(C)c1C. The number of phenolic OH excluding ortho intramolecular Hbond substituents is 1. The summed E-state index contributed by atoms with van der Waals surface area (Å²) in [7, 11) is 0. The van der Waals surface area contributed by atoms with Gasteiger partial charge in [-0.15, -0.1) is 0 Å². The number of rotatable bonds is 1. The Morgan fingerprint density at radius 1 is 0.929 bits per heavy atom. The lowest BCUT2D eigenvalue weighted by molar-refractivity contribution is 0.101. The number of carbonyl (C=O) groups excluding carboxylic acids is 1. The van der Waals surface area contributed by atoms with E-state index in [9.17, 15) is 9.90 Å². The summed E-state index contributed by atoms with van der Waals surface area (Å²) in [5.41, 5.74) is 4.13. The molecular weight excluding hydrogens is 176 g/mol. The molecule has 0 aliphatic heterocycles. The first-order chi connectivity index (χ1) is 6.37. The monoisotopic (exact) mass is 192 g/mol. The Morgan fingerprint density at radius 2 is 1.29 bits per heavy atom. The quantitative estimate of drug-likeness (QED) is 0.695. The predicted molar refractivity (Wildman–Crippen MR) is 57.1 cm³/mol. The van der Waals surface area contributed by atoms with Gasteiger partial charge < -0.3 is 5.11 Å². The molecular formula is C12H16O2. The highest BCUT2D eigenvalue weighted by atomic mass is 16.3. The highest BCUT2D eigenvalue weighted by molar-refractivity contribution is 5.98. The Bertz CT molecular complexity index is 374. The zero-order valence-corrected chi connectivity index (χ0v) is 9.36. The van der Waals surface area contributed by atoms with Gasteiger partial charge in [-0.05, 0) is 56.9 Å². The maximum Gasteiger partial charge on any atom is 0.160 e. The summed E-state index contributed by atoms with van der Waals surface area (Å²) in [6.07, 6.45) is 0. The van der Waals surface area contributed by atoms with Crippen molar-refractivity contribution in [2.45, 2.75) is 34.6 Å². The average Bonchev–Trinajstić information content (AvgIpc) is 2.11. The van der Waals surface area contributed by atoms with Crippen molar-refractivity contribution in [3.05, 3.63) is 27.8 Å². The Labute approximate surface area is 84.6 Å². The van der Waals surface area contributed by atoms with Gasteiger partial charge in [0.05, 0.1) is 0 Å². The summed E-state index contributed by atoms with van der Waals surface area (Å²) < 4.78 is 0. The molecule has 0 bridgehead atoms. The fourth-order valence-corrected chi connectivity index (χ4v) is 1.82. The Hall–Kier alpha value is -1.31. The van der Waals surface area contributed by atoms with E-state index in [1.807, 2.05) is 27.7 Å². The second kappa shape index (κ2) is 3.45. The molecule has 0 aliphatic rings. The minimum Gasteiger partial charge on any atom is -0.507 e. The molecule has 0 fully saturated rings. The van der Waals surface area contributed by atoms with Gasteiger partial charge in [0.25, 0.3) is 0 Å². The predicted octanol–water partition coefficient (Wildman–Crippen LogP) is 2.83. The molecule has 2 heteroatoms. The number of carbonyl (C=O) groups is 1. The smallest absolute Gasteiger partial charge is 0.160 e. The third-order valence-corrected chi connectivity index (χ3v) is 2.94. The topological polar surface area (TPSA) is 37.3 Å². The fraction of sp³-hybridized carbons (Fsp3) is 0.417. The molecule has 1 aromatic carbocycles. The van der Waals surface area contributed by atoms with Gasteiger partial charge in [0.1, 0.15) is 5.75 Å². The van der Waals surface area contributed by atoms with Crippen LogP contribution in [0.4, 0.5) is 0 Å². The van der Waals surface area contributed by atoms with Crippen molar-refractivity contribution in [3.8, 4) is 5.75 Å². The molecule has 0 heterocycles. The fourth-order valence-electron chi connectivity index (χ4n) is 1.82. The second-order valence-corrected chi connectivity index (χ2v) is 3.78. The summed E-state index contributed by atoms with van der Waals surface area (Å²) in [6.45, 7) is 8.98. The number of phenols is 1. The van der Waals surface area contributed by atoms with Gasteiger partial charge in [-0.1, -0.05) is 0 Å². The van der Waals surface area contributed by atoms with E-state index >= 15 is 0 Å². The minimum atomic E-state index is 0.0613. The lowest BCUT2D eigenvalue weighted by Crippen LogP contribution is -2.04. The molecule has 14 heavy (non-hydrogen) atoms. The largest absolute Gasteiger partial charge is 0.507 e. The summed E-state index contributed by atoms with van der Waals surface area (Å²) >= 11 is 0. The van der Waals surface area contributed by atoms with E-state index in [2.05, 4.69) is 0 Å². The zero-order chi connectivity index (χ0) is 11.0. The van der Waals surface area contributed by atoms with E-state index in [0.717, 1.165) is 27.8 Å². The van der Waals surface area contributed by atoms with Crippen LogP contribution in [0.1, 0.15) is 39.5 Å². The number of hydrogen-bond acceptors (Lipinski definition) is 2. The molecule has 0 saturated heterocycles. The molecule has 0 radical (unpaired) electrons. The van der Waals surface area contributed by atoms with Gasteiger partial charge in [-0.2, -0.15) is 0 Å². The molecule has 0 aromatic heterocycles. The third-order valence-electron chi connectivity index (χ3n) is 2.94. The van der Waals surface area contributed by atoms with Crippen LogP contribution in [0.3, 0.4) is 0 Å². The van der Waals surface area contributed by atoms with Crippen molar-refractivity contribution in [3.63, 3.8) is 0 Å². The van der Waals surface area contributed by atoms with E-state index in [-0.39, 0.29) is 5.78 Å². The van der Waals surface area contributed by atoms with Crippen LogP contribution in [0, 0.1) is 27.7 Å². The van der Waals surface area contributed by atoms with Crippen molar-refractivity contribution in [2.24, 2.45) is 0 Å². The van der Waals surface area contributed by atoms with Crippen molar-refractivity contribution < 1.29 is 9.90 Å². The molecule has 0 unspecified atom stereocenters. The minimum absolute atomic E-state index is 0.0613. The number of hydrogen-bond donors (Lipinski definition) is 1. The Balaban J connectivity index is 3.68. The van der Waals surface area contributed by atoms with E-state index in [1.54, 1.807) is 6.92 Å². The van der Waals surface area contributed by atoms with Crippen molar-refractivity contribution in [1.29, 1.82) is 0 Å². The van der Waals surface area contributed by atoms with Crippen molar-refractivity contribution in [2.75, 3.05) is 0 Å². The first kappa shape index (κ1) is 10.8. The van der Waals surface area contributed by atoms with Crippen LogP contribution in [0.2, 0.25) is 0 Å². The van der Waals surface area contributed by atoms with Crippen LogP contribution in [0.15, 0.2) is 0 Å². The standard InChI is InChI=1S/C12H16O2/c1-6-8(3)12(14)9(4)7(2)11(6)10(5)13/h14H,1-5H3. The van der Waals surface area contributed by atoms with Crippen LogP contribution in [-0.2, 0) is 0 Å². The van der Waals surface area contributed by atoms with Gasteiger partial charge >= 0.3 is 0 Å². The zero-order valence-electron chi connectivity index (χ0n) is 9.36. The molecule has 1 rings (SSSR count). The Morgan fingerprint density at radius 3 is 1.57 bits per heavy atom. The van der Waals surface area contributed by atoms with Gasteiger partial charge in [0.15, 0.2) is 5.78 Å². The molecule has 0 aliphatic carbocycles. The van der Waals surface area contributed by atoms with E-state index < -0.39 is 0 Å². The number of ketones is 1. The van der Waals surface area contributed by atoms with Gasteiger partial charge in [0, 0.05) is 5.56 Å². The first-order valence-electron chi connectivity index (χ1n) is 4.68. The summed E-state index contributed by atoms with van der Waals surface area (Å²) in [6, 6.07) is 0. The molecule has 1 N–H and O–H groups in total. The lowest BCUT2D eigenvalue weighted by Gasteiger charge is -2.15. The highest BCUT2D eigenvalue weighted by Gasteiger charge is 2.16. The van der Waals surface area contributed by atoms with E-state index in [1.165, 1.54) is 0 Å². The molecule has 2 nitrogen and oxygen atoms in total. The molecule has 0 spiro atoms. The number of Topliss-reactive ketones (excluding diaryl/α,β-unsaturated/α-hetero) is 1. The normalized spacial score (nSPS) is 10.4. The molecule has 1 aromatic rings. The average molecular weight is 192 g/mol. The Kier molecular flexibility index (Phi) is 2.65. The maximum absolute atomic E-state index is 11.4. The van der Waals surface area contributed by atoms with Crippen LogP contribution in [0.25, 0.3) is 0 Å². The number of aromatic hydroxyl groups is 1. The first-order valence-corrected chi connectivity index (χ1v) is 4.68. The van der Waals surface area contributed by atoms with Crippen LogP contribution in [0.5, 0.6) is 5.75 Å². The van der Waals surface area contributed by atoms with Gasteiger partial charge in [0.2, 0.25) is 0 Å². The molecule has 76 valence electrons. The summed E-state index contributed by atoms with van der Waals surface area (Å²) in [5, 5.41) is 9.76. The van der Waals surface area contributed by atoms with Gasteiger partial charge in [-0.3, -0.25) is 4.79 Å². The van der Waals surface area contributed by atoms with Crippen LogP contribution < -0.4 is 0 Å². The molecule has 0 saturated carbocycles. The lowest BCUT2D eigenvalue weighted by atomic mass is 9.91. The summed E-state index contributed by atoms with van der Waals surface area (Å²) in [5.74, 6) is 0.371. The highest BCUT2D eigenvalue weighted by Crippen LogP contribution is 2.31. The molecule has 0 amide bonds. The number of benzene rings is 1. The van der Waals surface area contributed by atoms with Crippen LogP contribution >= 0.6 is 0 Å². The van der Waals surface area contributed by atoms with E-state index in [0.29, 0.717) is 5.75 Å². The van der Waals surface area contributed by atoms with E-state index in [4.69, 9.17) is 0 Å². The van der Waals surface area contributed by atoms with Crippen molar-refractivity contribution >= 4 is 5.78 Å². The molecule has 0 atom stereocenters. The van der Waals surface area contributed by atoms with Crippen molar-refractivity contribution in [1.82, 2.24) is 0 Å². The maximum atomic E-state index is 11.4. The van der Waals surface area contributed by atoms with Gasteiger partial charge in [-0.25, -0.2) is 0 Å². The van der Waals surface area contributed by atoms with Crippen LogP contribution in [-0.4, -0.2) is 10.9 Å². The second-order valence-electron chi connectivity index (χ2n) is 3.78. The summed E-state index contributed by atoms with van der Waals surface area (Å²) in [4.78, 5) is 11.4. The third kappa shape index (κ3) is 1.41.